The zero-order valence-corrected chi connectivity index (χ0v) is 23.0. The second-order valence-electron chi connectivity index (χ2n) is 10.1. The molecule has 1 aromatic heterocycles. The minimum atomic E-state index is -0.114. The van der Waals surface area contributed by atoms with Crippen LogP contribution >= 0.6 is 0 Å². The first-order valence-corrected chi connectivity index (χ1v) is 12.9. The number of ether oxygens (including phenoxy) is 1. The van der Waals surface area contributed by atoms with E-state index >= 15 is 0 Å². The van der Waals surface area contributed by atoms with Crippen LogP contribution in [0.1, 0.15) is 18.2 Å². The van der Waals surface area contributed by atoms with E-state index in [1.54, 1.807) is 18.0 Å². The summed E-state index contributed by atoms with van der Waals surface area (Å²) in [4.78, 5) is 29.8. The number of aromatic hydroxyl groups is 1. The number of benzene rings is 2. The molecule has 0 fully saturated rings. The number of anilines is 2. The van der Waals surface area contributed by atoms with Crippen LogP contribution in [0.2, 0.25) is 0 Å². The Labute approximate surface area is 224 Å². The number of nitrogens with zero attached hydrogens (tertiary/aromatic N) is 6. The molecule has 0 bridgehead atoms. The van der Waals surface area contributed by atoms with Crippen molar-refractivity contribution in [2.45, 2.75) is 25.9 Å². The number of carbonyl (C=O) groups excluding carboxylic acids is 1. The van der Waals surface area contributed by atoms with Crippen molar-refractivity contribution in [3.05, 3.63) is 60.3 Å². The summed E-state index contributed by atoms with van der Waals surface area (Å²) in [5.41, 5.74) is 2.97. The van der Waals surface area contributed by atoms with Gasteiger partial charge in [-0.05, 0) is 45.0 Å². The number of fused-ring (bicyclic) bond motifs is 2. The van der Waals surface area contributed by atoms with Crippen LogP contribution in [0.25, 0.3) is 10.8 Å². The Balaban J connectivity index is 1.68. The molecule has 2 heterocycles. The topological polar surface area (TPSA) is 85.3 Å². The van der Waals surface area contributed by atoms with Gasteiger partial charge in [-0.2, -0.15) is 9.97 Å². The van der Waals surface area contributed by atoms with Crippen LogP contribution in [0.4, 0.5) is 11.5 Å². The van der Waals surface area contributed by atoms with Gasteiger partial charge in [0.05, 0.1) is 12.2 Å². The molecule has 0 spiro atoms. The van der Waals surface area contributed by atoms with Crippen molar-refractivity contribution in [3.8, 4) is 11.8 Å². The second kappa shape index (κ2) is 11.7. The molecule has 1 aliphatic heterocycles. The van der Waals surface area contributed by atoms with Gasteiger partial charge in [-0.1, -0.05) is 30.8 Å². The maximum atomic E-state index is 12.1. The van der Waals surface area contributed by atoms with Crippen molar-refractivity contribution in [1.82, 2.24) is 19.8 Å². The molecule has 1 atom stereocenters. The Morgan fingerprint density at radius 1 is 1.21 bits per heavy atom. The molecule has 38 heavy (non-hydrogen) atoms. The number of hydrogen-bond donors (Lipinski definition) is 1. The fourth-order valence-corrected chi connectivity index (χ4v) is 4.78. The number of amides is 1. The average Bonchev–Trinajstić information content (AvgIpc) is 2.90. The molecular weight excluding hydrogens is 480 g/mol. The zero-order valence-electron chi connectivity index (χ0n) is 23.0. The van der Waals surface area contributed by atoms with Crippen molar-refractivity contribution in [1.29, 1.82) is 0 Å². The van der Waals surface area contributed by atoms with Crippen LogP contribution in [0, 0.1) is 0 Å². The highest BCUT2D eigenvalue weighted by atomic mass is 16.5. The lowest BCUT2D eigenvalue weighted by molar-refractivity contribution is -0.124. The number of phenols is 1. The molecule has 1 aliphatic rings. The minimum Gasteiger partial charge on any atom is -0.508 e. The highest BCUT2D eigenvalue weighted by molar-refractivity contribution is 5.95. The maximum absolute atomic E-state index is 12.1. The van der Waals surface area contributed by atoms with E-state index in [1.807, 2.05) is 45.4 Å². The molecular formula is C29H38N6O3. The van der Waals surface area contributed by atoms with E-state index in [-0.39, 0.29) is 17.7 Å². The second-order valence-corrected chi connectivity index (χ2v) is 10.1. The molecule has 0 unspecified atom stereocenters. The lowest BCUT2D eigenvalue weighted by atomic mass is 10.0. The van der Waals surface area contributed by atoms with E-state index < -0.39 is 0 Å². The summed E-state index contributed by atoms with van der Waals surface area (Å²) in [5.74, 6) is 0.950. The molecule has 2 aromatic carbocycles. The molecule has 4 rings (SSSR count). The van der Waals surface area contributed by atoms with Crippen molar-refractivity contribution in [3.63, 3.8) is 0 Å². The third-order valence-electron chi connectivity index (χ3n) is 7.04. The predicted molar refractivity (Wildman–Crippen MR) is 152 cm³/mol. The van der Waals surface area contributed by atoms with E-state index in [2.05, 4.69) is 34.3 Å². The first kappa shape index (κ1) is 27.2. The molecule has 1 amide bonds. The van der Waals surface area contributed by atoms with Crippen LogP contribution in [0.15, 0.2) is 49.1 Å². The van der Waals surface area contributed by atoms with Crippen LogP contribution in [-0.4, -0.2) is 91.3 Å². The third-order valence-corrected chi connectivity index (χ3v) is 7.04. The SMILES string of the molecule is C=CC(=O)N(C)C[C@H](C)N(C)c1nc(OCCN(C)C)nc2c1CCN(c1cc(O)cc3ccccc13)C2. The standard InChI is InChI=1S/C29H38N6O3/c1-7-27(37)33(5)18-20(2)34(6)28-24-12-13-35(19-25(24)30-29(31-28)38-15-14-32(3)4)26-17-22(36)16-21-10-8-9-11-23(21)26/h7-11,16-17,20,36H,1,12-15,18-19H2,2-6H3/t20-/m0/s1. The van der Waals surface area contributed by atoms with Crippen molar-refractivity contribution < 1.29 is 14.6 Å². The average molecular weight is 519 g/mol. The van der Waals surface area contributed by atoms with Gasteiger partial charge in [-0.3, -0.25) is 4.79 Å². The first-order valence-electron chi connectivity index (χ1n) is 12.9. The Morgan fingerprint density at radius 3 is 2.71 bits per heavy atom. The van der Waals surface area contributed by atoms with Gasteiger partial charge in [0, 0.05) is 62.5 Å². The molecule has 9 heteroatoms. The number of likely N-dealkylation sites (N-methyl/N-ethyl adjacent to an activating group) is 3. The summed E-state index contributed by atoms with van der Waals surface area (Å²) < 4.78 is 5.99. The van der Waals surface area contributed by atoms with Gasteiger partial charge < -0.3 is 29.4 Å². The Morgan fingerprint density at radius 2 is 1.97 bits per heavy atom. The van der Waals surface area contributed by atoms with E-state index in [1.165, 1.54) is 6.08 Å². The molecule has 1 N–H and O–H groups in total. The lowest BCUT2D eigenvalue weighted by Gasteiger charge is -2.35. The number of rotatable bonds is 10. The summed E-state index contributed by atoms with van der Waals surface area (Å²) in [5, 5.41) is 12.5. The Hall–Kier alpha value is -3.85. The van der Waals surface area contributed by atoms with Crippen LogP contribution in [0.5, 0.6) is 11.8 Å². The Bertz CT molecular complexity index is 1310. The van der Waals surface area contributed by atoms with Crippen molar-refractivity contribution in [2.75, 3.05) is 64.2 Å². The van der Waals surface area contributed by atoms with E-state index in [9.17, 15) is 9.90 Å². The van der Waals surface area contributed by atoms with Gasteiger partial charge in [-0.15, -0.1) is 0 Å². The van der Waals surface area contributed by atoms with Crippen LogP contribution in [-0.2, 0) is 17.8 Å². The molecule has 0 saturated carbocycles. The largest absolute Gasteiger partial charge is 0.508 e. The summed E-state index contributed by atoms with van der Waals surface area (Å²) in [6.07, 6.45) is 2.07. The van der Waals surface area contributed by atoms with Gasteiger partial charge in [0.25, 0.3) is 0 Å². The monoisotopic (exact) mass is 518 g/mol. The van der Waals surface area contributed by atoms with Gasteiger partial charge in [0.2, 0.25) is 5.91 Å². The van der Waals surface area contributed by atoms with Crippen LogP contribution in [0.3, 0.4) is 0 Å². The summed E-state index contributed by atoms with van der Waals surface area (Å²) in [6.45, 7) is 8.74. The predicted octanol–water partition coefficient (Wildman–Crippen LogP) is 3.31. The first-order chi connectivity index (χ1) is 18.2. The molecule has 0 saturated heterocycles. The number of hydrogen-bond acceptors (Lipinski definition) is 8. The number of carbonyl (C=O) groups is 1. The van der Waals surface area contributed by atoms with E-state index in [0.717, 1.165) is 53.0 Å². The molecule has 9 nitrogen and oxygen atoms in total. The zero-order chi connectivity index (χ0) is 27.4. The third kappa shape index (κ3) is 5.99. The normalized spacial score (nSPS) is 13.8. The van der Waals surface area contributed by atoms with Crippen molar-refractivity contribution >= 4 is 28.2 Å². The molecule has 0 radical (unpaired) electrons. The van der Waals surface area contributed by atoms with E-state index in [0.29, 0.717) is 25.7 Å². The quantitative estimate of drug-likeness (QED) is 0.409. The van der Waals surface area contributed by atoms with Crippen molar-refractivity contribution in [2.24, 2.45) is 0 Å². The smallest absolute Gasteiger partial charge is 0.318 e. The lowest BCUT2D eigenvalue weighted by Crippen LogP contribution is -2.42. The van der Waals surface area contributed by atoms with Crippen LogP contribution < -0.4 is 14.5 Å². The summed E-state index contributed by atoms with van der Waals surface area (Å²) >= 11 is 0. The highest BCUT2D eigenvalue weighted by Crippen LogP contribution is 2.36. The summed E-state index contributed by atoms with van der Waals surface area (Å²) in [7, 11) is 7.77. The fourth-order valence-electron chi connectivity index (χ4n) is 4.78. The molecule has 0 aliphatic carbocycles. The fraction of sp³-hybridized carbons (Fsp3) is 0.414. The number of aromatic nitrogens is 2. The number of phenolic OH excluding ortho intramolecular Hbond substituents is 1. The van der Waals surface area contributed by atoms with Gasteiger partial charge in [0.1, 0.15) is 18.2 Å². The van der Waals surface area contributed by atoms with E-state index in [4.69, 9.17) is 14.7 Å². The summed E-state index contributed by atoms with van der Waals surface area (Å²) in [6, 6.07) is 12.0. The maximum Gasteiger partial charge on any atom is 0.318 e. The minimum absolute atomic E-state index is 0.00516. The van der Waals surface area contributed by atoms with Gasteiger partial charge >= 0.3 is 6.01 Å². The molecule has 3 aromatic rings. The highest BCUT2D eigenvalue weighted by Gasteiger charge is 2.28. The van der Waals surface area contributed by atoms with Gasteiger partial charge in [0.15, 0.2) is 0 Å². The molecule has 202 valence electrons. The Kier molecular flexibility index (Phi) is 8.36. The van der Waals surface area contributed by atoms with Gasteiger partial charge in [-0.25, -0.2) is 0 Å².